The van der Waals surface area contributed by atoms with Crippen LogP contribution in [0.3, 0.4) is 0 Å². The van der Waals surface area contributed by atoms with Crippen LogP contribution in [-0.2, 0) is 4.79 Å². The molecule has 4 heteroatoms. The van der Waals surface area contributed by atoms with Gasteiger partial charge in [0.05, 0.1) is 12.0 Å². The lowest BCUT2D eigenvalue weighted by Crippen LogP contribution is -2.39. The fourth-order valence-electron chi connectivity index (χ4n) is 3.44. The fourth-order valence-corrected chi connectivity index (χ4v) is 3.44. The molecular formula is C20H23FN2O. The highest BCUT2D eigenvalue weighted by Crippen LogP contribution is 2.34. The highest BCUT2D eigenvalue weighted by atomic mass is 19.1. The largest absolute Gasteiger partial charge is 0.335 e. The highest BCUT2D eigenvalue weighted by molar-refractivity contribution is 5.80. The molecule has 0 aromatic heterocycles. The molecule has 3 nitrogen and oxygen atoms in total. The molecule has 1 saturated heterocycles. The van der Waals surface area contributed by atoms with E-state index in [1.165, 1.54) is 12.1 Å². The maximum Gasteiger partial charge on any atom is 0.227 e. The van der Waals surface area contributed by atoms with Crippen LogP contribution in [0.1, 0.15) is 43.0 Å². The number of amides is 1. The number of halogens is 1. The Labute approximate surface area is 142 Å². The Hall–Kier alpha value is -2.20. The third-order valence-corrected chi connectivity index (χ3v) is 4.90. The smallest absolute Gasteiger partial charge is 0.227 e. The Morgan fingerprint density at radius 3 is 2.50 bits per heavy atom. The van der Waals surface area contributed by atoms with Crippen molar-refractivity contribution in [2.24, 2.45) is 11.7 Å². The monoisotopic (exact) mass is 326 g/mol. The second-order valence-electron chi connectivity index (χ2n) is 6.47. The lowest BCUT2D eigenvalue weighted by atomic mass is 9.93. The van der Waals surface area contributed by atoms with Crippen LogP contribution in [0.4, 0.5) is 4.39 Å². The first kappa shape index (κ1) is 16.7. The molecule has 2 aromatic carbocycles. The SMILES string of the molecule is C[C@H](C(=O)N1CCC[C@@H]1c1ccc(F)cc1)[C@@H](N)c1ccccc1. The molecule has 24 heavy (non-hydrogen) atoms. The summed E-state index contributed by atoms with van der Waals surface area (Å²) in [6.45, 7) is 2.62. The maximum atomic E-state index is 13.2. The van der Waals surface area contributed by atoms with Gasteiger partial charge in [0, 0.05) is 12.6 Å². The summed E-state index contributed by atoms with van der Waals surface area (Å²) in [7, 11) is 0. The van der Waals surface area contributed by atoms with Gasteiger partial charge in [-0.15, -0.1) is 0 Å². The summed E-state index contributed by atoms with van der Waals surface area (Å²) >= 11 is 0. The van der Waals surface area contributed by atoms with Gasteiger partial charge in [0.15, 0.2) is 0 Å². The highest BCUT2D eigenvalue weighted by Gasteiger charge is 2.34. The van der Waals surface area contributed by atoms with Crippen molar-refractivity contribution < 1.29 is 9.18 Å². The molecule has 0 aliphatic carbocycles. The minimum Gasteiger partial charge on any atom is -0.335 e. The van der Waals surface area contributed by atoms with Crippen LogP contribution in [0.2, 0.25) is 0 Å². The van der Waals surface area contributed by atoms with Crippen LogP contribution in [0.15, 0.2) is 54.6 Å². The Kier molecular flexibility index (Phi) is 4.95. The van der Waals surface area contributed by atoms with Crippen LogP contribution in [0.5, 0.6) is 0 Å². The normalized spacial score (nSPS) is 20.0. The van der Waals surface area contributed by atoms with E-state index in [0.717, 1.165) is 30.5 Å². The molecule has 0 spiro atoms. The van der Waals surface area contributed by atoms with Crippen molar-refractivity contribution in [2.75, 3.05) is 6.54 Å². The van der Waals surface area contributed by atoms with E-state index in [-0.39, 0.29) is 29.7 Å². The van der Waals surface area contributed by atoms with Crippen molar-refractivity contribution in [1.82, 2.24) is 4.90 Å². The van der Waals surface area contributed by atoms with Crippen molar-refractivity contribution in [1.29, 1.82) is 0 Å². The van der Waals surface area contributed by atoms with E-state index in [0.29, 0.717) is 0 Å². The summed E-state index contributed by atoms with van der Waals surface area (Å²) in [6, 6.07) is 15.9. The van der Waals surface area contributed by atoms with E-state index >= 15 is 0 Å². The van der Waals surface area contributed by atoms with Gasteiger partial charge < -0.3 is 10.6 Å². The first-order chi connectivity index (χ1) is 11.6. The summed E-state index contributed by atoms with van der Waals surface area (Å²) < 4.78 is 13.2. The second-order valence-corrected chi connectivity index (χ2v) is 6.47. The number of hydrogen-bond donors (Lipinski definition) is 1. The number of carbonyl (C=O) groups excluding carboxylic acids is 1. The van der Waals surface area contributed by atoms with Crippen molar-refractivity contribution in [3.05, 3.63) is 71.5 Å². The van der Waals surface area contributed by atoms with Crippen molar-refractivity contribution >= 4 is 5.91 Å². The van der Waals surface area contributed by atoms with Crippen LogP contribution in [0.25, 0.3) is 0 Å². The lowest BCUT2D eigenvalue weighted by Gasteiger charge is -2.30. The number of likely N-dealkylation sites (tertiary alicyclic amines) is 1. The predicted molar refractivity (Wildman–Crippen MR) is 92.6 cm³/mol. The fraction of sp³-hybridized carbons (Fsp3) is 0.350. The Balaban J connectivity index is 1.76. The number of rotatable bonds is 4. The molecule has 3 rings (SSSR count). The van der Waals surface area contributed by atoms with E-state index < -0.39 is 0 Å². The first-order valence-corrected chi connectivity index (χ1v) is 8.44. The third-order valence-electron chi connectivity index (χ3n) is 4.90. The number of hydrogen-bond acceptors (Lipinski definition) is 2. The van der Waals surface area contributed by atoms with Gasteiger partial charge in [0.2, 0.25) is 5.91 Å². The van der Waals surface area contributed by atoms with Gasteiger partial charge in [0.1, 0.15) is 5.82 Å². The predicted octanol–water partition coefficient (Wildman–Crippen LogP) is 3.83. The zero-order valence-corrected chi connectivity index (χ0v) is 13.9. The Morgan fingerprint density at radius 2 is 1.83 bits per heavy atom. The van der Waals surface area contributed by atoms with Crippen LogP contribution in [0, 0.1) is 11.7 Å². The van der Waals surface area contributed by atoms with Gasteiger partial charge in [-0.3, -0.25) is 4.79 Å². The Bertz CT molecular complexity index is 687. The summed E-state index contributed by atoms with van der Waals surface area (Å²) in [5, 5.41) is 0. The molecule has 1 heterocycles. The average molecular weight is 326 g/mol. The molecule has 1 aliphatic rings. The van der Waals surface area contributed by atoms with Gasteiger partial charge in [-0.2, -0.15) is 0 Å². The molecule has 2 aromatic rings. The van der Waals surface area contributed by atoms with Gasteiger partial charge >= 0.3 is 0 Å². The topological polar surface area (TPSA) is 46.3 Å². The molecule has 0 saturated carbocycles. The van der Waals surface area contributed by atoms with E-state index in [4.69, 9.17) is 5.73 Å². The number of benzene rings is 2. The summed E-state index contributed by atoms with van der Waals surface area (Å²) in [5.74, 6) is -0.485. The maximum absolute atomic E-state index is 13.2. The molecule has 0 radical (unpaired) electrons. The quantitative estimate of drug-likeness (QED) is 0.928. The van der Waals surface area contributed by atoms with Crippen LogP contribution >= 0.6 is 0 Å². The van der Waals surface area contributed by atoms with Crippen molar-refractivity contribution in [3.63, 3.8) is 0 Å². The third kappa shape index (κ3) is 3.34. The van der Waals surface area contributed by atoms with Crippen LogP contribution < -0.4 is 5.73 Å². The molecule has 126 valence electrons. The average Bonchev–Trinajstić information content (AvgIpc) is 3.11. The molecule has 1 fully saturated rings. The first-order valence-electron chi connectivity index (χ1n) is 8.44. The Morgan fingerprint density at radius 1 is 1.17 bits per heavy atom. The minimum absolute atomic E-state index is 0.0172. The summed E-state index contributed by atoms with van der Waals surface area (Å²) in [5.41, 5.74) is 8.27. The molecule has 1 amide bonds. The van der Waals surface area contributed by atoms with Crippen LogP contribution in [-0.4, -0.2) is 17.4 Å². The molecule has 3 atom stereocenters. The van der Waals surface area contributed by atoms with E-state index in [1.54, 1.807) is 12.1 Å². The van der Waals surface area contributed by atoms with Gasteiger partial charge in [-0.25, -0.2) is 4.39 Å². The minimum atomic E-state index is -0.326. The zero-order valence-electron chi connectivity index (χ0n) is 13.9. The molecular weight excluding hydrogens is 303 g/mol. The molecule has 2 N–H and O–H groups in total. The van der Waals surface area contributed by atoms with Gasteiger partial charge in [-0.05, 0) is 36.1 Å². The van der Waals surface area contributed by atoms with E-state index in [2.05, 4.69) is 0 Å². The lowest BCUT2D eigenvalue weighted by molar-refractivity contribution is -0.136. The molecule has 1 aliphatic heterocycles. The molecule has 0 bridgehead atoms. The standard InChI is InChI=1S/C20H23FN2O/c1-14(19(22)16-6-3-2-4-7-16)20(24)23-13-5-8-18(23)15-9-11-17(21)12-10-15/h2-4,6-7,9-12,14,18-19H,5,8,13,22H2,1H3/t14-,18+,19+/m0/s1. The number of nitrogens with two attached hydrogens (primary N) is 1. The van der Waals surface area contributed by atoms with Gasteiger partial charge in [0.25, 0.3) is 0 Å². The molecule has 0 unspecified atom stereocenters. The van der Waals surface area contributed by atoms with Gasteiger partial charge in [-0.1, -0.05) is 49.4 Å². The zero-order chi connectivity index (χ0) is 17.1. The van der Waals surface area contributed by atoms with Crippen molar-refractivity contribution in [3.8, 4) is 0 Å². The van der Waals surface area contributed by atoms with E-state index in [1.807, 2.05) is 42.2 Å². The van der Waals surface area contributed by atoms with Crippen molar-refractivity contribution in [2.45, 2.75) is 31.8 Å². The number of nitrogens with zero attached hydrogens (tertiary/aromatic N) is 1. The second kappa shape index (κ2) is 7.14. The summed E-state index contributed by atoms with van der Waals surface area (Å²) in [4.78, 5) is 14.9. The summed E-state index contributed by atoms with van der Waals surface area (Å²) in [6.07, 6.45) is 1.87. The number of carbonyl (C=O) groups is 1. The van der Waals surface area contributed by atoms with E-state index in [9.17, 15) is 9.18 Å².